The van der Waals surface area contributed by atoms with Crippen molar-refractivity contribution < 1.29 is 18.7 Å². The molecule has 0 aromatic heterocycles. The number of anilines is 1. The van der Waals surface area contributed by atoms with E-state index < -0.39 is 0 Å². The van der Waals surface area contributed by atoms with Crippen molar-refractivity contribution in [3.8, 4) is 22.6 Å². The van der Waals surface area contributed by atoms with E-state index in [1.54, 1.807) is 24.3 Å². The molecule has 1 amide bonds. The van der Waals surface area contributed by atoms with Gasteiger partial charge in [-0.2, -0.15) is 0 Å². The minimum Gasteiger partial charge on any atom is -0.493 e. The SMILES string of the molecule is [C-]#[N+]c1ccc(N2CC3(CCN(Cc4cc(OCC)c(-c5ccc(F)cc5)c(OCC)c4)CC3)CC2=O)cc1. The van der Waals surface area contributed by atoms with E-state index in [2.05, 4.69) is 21.9 Å². The maximum atomic E-state index is 13.6. The summed E-state index contributed by atoms with van der Waals surface area (Å²) in [7, 11) is 0. The monoisotopic (exact) mass is 527 g/mol. The number of benzene rings is 3. The van der Waals surface area contributed by atoms with Crippen LogP contribution in [-0.2, 0) is 11.3 Å². The number of halogens is 1. The van der Waals surface area contributed by atoms with Crippen molar-refractivity contribution in [2.75, 3.05) is 37.7 Å². The molecule has 39 heavy (non-hydrogen) atoms. The van der Waals surface area contributed by atoms with Crippen molar-refractivity contribution in [2.45, 2.75) is 39.7 Å². The Morgan fingerprint density at radius 3 is 2.13 bits per heavy atom. The van der Waals surface area contributed by atoms with Gasteiger partial charge in [-0.25, -0.2) is 9.24 Å². The molecule has 5 rings (SSSR count). The molecule has 2 heterocycles. The molecule has 0 bridgehead atoms. The lowest BCUT2D eigenvalue weighted by Crippen LogP contribution is -2.41. The highest BCUT2D eigenvalue weighted by Crippen LogP contribution is 2.44. The number of rotatable bonds is 8. The summed E-state index contributed by atoms with van der Waals surface area (Å²) in [6.45, 7) is 15.4. The van der Waals surface area contributed by atoms with Crippen molar-refractivity contribution in [3.05, 3.63) is 83.5 Å². The van der Waals surface area contributed by atoms with Gasteiger partial charge in [0.1, 0.15) is 17.3 Å². The lowest BCUT2D eigenvalue weighted by atomic mass is 9.77. The fraction of sp³-hybridized carbons (Fsp3) is 0.375. The highest BCUT2D eigenvalue weighted by Gasteiger charge is 2.45. The van der Waals surface area contributed by atoms with Crippen LogP contribution < -0.4 is 14.4 Å². The standard InChI is InChI=1S/C32H34FN3O3/c1-4-38-28-18-23(19-29(39-5-2)31(28)24-6-8-25(33)9-7-24)21-35-16-14-32(15-17-35)20-30(37)36(22-32)27-12-10-26(34-3)11-13-27/h6-13,18-19H,4-5,14-17,20-22H2,1-2H3. The van der Waals surface area contributed by atoms with Crippen LogP contribution in [-0.4, -0.2) is 43.7 Å². The smallest absolute Gasteiger partial charge is 0.227 e. The molecule has 0 aliphatic carbocycles. The van der Waals surface area contributed by atoms with Crippen LogP contribution in [0.4, 0.5) is 15.8 Å². The van der Waals surface area contributed by atoms with Crippen LogP contribution >= 0.6 is 0 Å². The number of hydrogen-bond donors (Lipinski definition) is 0. The molecule has 2 aliphatic rings. The number of carbonyl (C=O) groups excluding carboxylic acids is 1. The van der Waals surface area contributed by atoms with Crippen LogP contribution in [0.2, 0.25) is 0 Å². The predicted molar refractivity (Wildman–Crippen MR) is 151 cm³/mol. The number of amides is 1. The van der Waals surface area contributed by atoms with Gasteiger partial charge in [0.2, 0.25) is 5.91 Å². The van der Waals surface area contributed by atoms with Gasteiger partial charge in [0, 0.05) is 25.2 Å². The second-order valence-corrected chi connectivity index (χ2v) is 10.4. The number of piperidine rings is 1. The number of hydrogen-bond acceptors (Lipinski definition) is 4. The van der Waals surface area contributed by atoms with Gasteiger partial charge in [0.15, 0.2) is 5.69 Å². The lowest BCUT2D eigenvalue weighted by molar-refractivity contribution is -0.118. The highest BCUT2D eigenvalue weighted by molar-refractivity contribution is 5.96. The molecule has 3 aromatic carbocycles. The van der Waals surface area contributed by atoms with Gasteiger partial charge in [-0.3, -0.25) is 9.69 Å². The van der Waals surface area contributed by atoms with E-state index in [4.69, 9.17) is 16.0 Å². The van der Waals surface area contributed by atoms with Crippen LogP contribution in [0, 0.1) is 17.8 Å². The lowest BCUT2D eigenvalue weighted by Gasteiger charge is -2.39. The van der Waals surface area contributed by atoms with E-state index in [-0.39, 0.29) is 17.1 Å². The van der Waals surface area contributed by atoms with E-state index >= 15 is 0 Å². The quantitative estimate of drug-likeness (QED) is 0.300. The molecule has 0 N–H and O–H groups in total. The third-order valence-corrected chi connectivity index (χ3v) is 7.79. The molecule has 6 nitrogen and oxygen atoms in total. The Balaban J connectivity index is 1.30. The summed E-state index contributed by atoms with van der Waals surface area (Å²) >= 11 is 0. The summed E-state index contributed by atoms with van der Waals surface area (Å²) in [5.41, 5.74) is 4.25. The Labute approximate surface area is 229 Å². The van der Waals surface area contributed by atoms with Crippen molar-refractivity contribution in [3.63, 3.8) is 0 Å². The Morgan fingerprint density at radius 2 is 1.56 bits per heavy atom. The average Bonchev–Trinajstić information content (AvgIpc) is 3.26. The number of ether oxygens (including phenoxy) is 2. The summed E-state index contributed by atoms with van der Waals surface area (Å²) < 4.78 is 25.7. The van der Waals surface area contributed by atoms with Gasteiger partial charge in [0.05, 0.1) is 25.3 Å². The van der Waals surface area contributed by atoms with Crippen molar-refractivity contribution in [1.29, 1.82) is 0 Å². The van der Waals surface area contributed by atoms with E-state index in [0.29, 0.717) is 25.3 Å². The first-order chi connectivity index (χ1) is 18.9. The maximum Gasteiger partial charge on any atom is 0.227 e. The van der Waals surface area contributed by atoms with Crippen LogP contribution in [0.15, 0.2) is 60.7 Å². The van der Waals surface area contributed by atoms with Gasteiger partial charge in [-0.15, -0.1) is 0 Å². The Morgan fingerprint density at radius 1 is 0.949 bits per heavy atom. The van der Waals surface area contributed by atoms with E-state index in [1.165, 1.54) is 12.1 Å². The summed E-state index contributed by atoms with van der Waals surface area (Å²) in [6, 6.07) is 17.9. The Kier molecular flexibility index (Phi) is 7.85. The molecule has 2 fully saturated rings. The third-order valence-electron chi connectivity index (χ3n) is 7.79. The van der Waals surface area contributed by atoms with Gasteiger partial charge >= 0.3 is 0 Å². The normalized spacial score (nSPS) is 16.9. The topological polar surface area (TPSA) is 46.4 Å². The van der Waals surface area contributed by atoms with Crippen molar-refractivity contribution >= 4 is 17.3 Å². The van der Waals surface area contributed by atoms with Crippen LogP contribution in [0.1, 0.15) is 38.7 Å². The first-order valence-corrected chi connectivity index (χ1v) is 13.6. The molecular formula is C32H34FN3O3. The van der Waals surface area contributed by atoms with E-state index in [0.717, 1.165) is 72.9 Å². The van der Waals surface area contributed by atoms with Crippen LogP contribution in [0.3, 0.4) is 0 Å². The van der Waals surface area contributed by atoms with Gasteiger partial charge in [0.25, 0.3) is 0 Å². The first kappa shape index (κ1) is 26.7. The third kappa shape index (κ3) is 5.76. The van der Waals surface area contributed by atoms with E-state index in [1.807, 2.05) is 30.9 Å². The van der Waals surface area contributed by atoms with Crippen molar-refractivity contribution in [1.82, 2.24) is 4.90 Å². The zero-order valence-electron chi connectivity index (χ0n) is 22.6. The minimum atomic E-state index is -0.278. The number of likely N-dealkylation sites (tertiary alicyclic amines) is 1. The molecule has 2 saturated heterocycles. The Hall–Kier alpha value is -3.89. The minimum absolute atomic E-state index is 0.00847. The molecule has 0 unspecified atom stereocenters. The Bertz CT molecular complexity index is 1330. The van der Waals surface area contributed by atoms with Crippen molar-refractivity contribution in [2.24, 2.45) is 5.41 Å². The molecule has 0 atom stereocenters. The van der Waals surface area contributed by atoms with E-state index in [9.17, 15) is 9.18 Å². The zero-order valence-corrected chi connectivity index (χ0v) is 22.6. The molecule has 0 radical (unpaired) electrons. The molecule has 0 saturated carbocycles. The average molecular weight is 528 g/mol. The molecule has 202 valence electrons. The fourth-order valence-electron chi connectivity index (χ4n) is 5.79. The second kappa shape index (κ2) is 11.5. The number of carbonyl (C=O) groups is 1. The van der Waals surface area contributed by atoms with Gasteiger partial charge in [-0.05, 0) is 92.7 Å². The molecule has 3 aromatic rings. The molecule has 2 aliphatic heterocycles. The molecule has 1 spiro atoms. The molecular weight excluding hydrogens is 493 g/mol. The largest absolute Gasteiger partial charge is 0.493 e. The highest BCUT2D eigenvalue weighted by atomic mass is 19.1. The maximum absolute atomic E-state index is 13.6. The summed E-state index contributed by atoms with van der Waals surface area (Å²) in [5, 5.41) is 0. The summed E-state index contributed by atoms with van der Waals surface area (Å²) in [6.07, 6.45) is 2.49. The van der Waals surface area contributed by atoms with Crippen LogP contribution in [0.5, 0.6) is 11.5 Å². The zero-order chi connectivity index (χ0) is 27.4. The van der Waals surface area contributed by atoms with Crippen LogP contribution in [0.25, 0.3) is 16.0 Å². The number of nitrogens with zero attached hydrogens (tertiary/aromatic N) is 3. The van der Waals surface area contributed by atoms with Gasteiger partial charge in [-0.1, -0.05) is 24.3 Å². The second-order valence-electron chi connectivity index (χ2n) is 10.4. The summed E-state index contributed by atoms with van der Waals surface area (Å²) in [5.74, 6) is 1.36. The van der Waals surface area contributed by atoms with Gasteiger partial charge < -0.3 is 14.4 Å². The fourth-order valence-corrected chi connectivity index (χ4v) is 5.79. The molecule has 7 heteroatoms. The first-order valence-electron chi connectivity index (χ1n) is 13.6. The predicted octanol–water partition coefficient (Wildman–Crippen LogP) is 6.86. The summed E-state index contributed by atoms with van der Waals surface area (Å²) in [4.78, 5) is 20.7.